The van der Waals surface area contributed by atoms with Gasteiger partial charge in [-0.15, -0.1) is 0 Å². The van der Waals surface area contributed by atoms with Gasteiger partial charge in [-0.1, -0.05) is 18.2 Å². The highest BCUT2D eigenvalue weighted by molar-refractivity contribution is 5.96. The summed E-state index contributed by atoms with van der Waals surface area (Å²) in [5, 5.41) is 13.6. The predicted octanol–water partition coefficient (Wildman–Crippen LogP) is 1.17. The van der Waals surface area contributed by atoms with Crippen LogP contribution < -0.4 is 21.9 Å². The number of fused-ring (bicyclic) bond motifs is 1. The van der Waals surface area contributed by atoms with Crippen molar-refractivity contribution in [3.63, 3.8) is 0 Å². The lowest BCUT2D eigenvalue weighted by Gasteiger charge is -2.16. The first-order valence-electron chi connectivity index (χ1n) is 9.73. The van der Waals surface area contributed by atoms with Gasteiger partial charge in [-0.2, -0.15) is 0 Å². The zero-order chi connectivity index (χ0) is 23.1. The fourth-order valence-electron chi connectivity index (χ4n) is 3.10. The van der Waals surface area contributed by atoms with Gasteiger partial charge in [0, 0.05) is 6.20 Å². The molecule has 0 bridgehead atoms. The third-order valence-corrected chi connectivity index (χ3v) is 4.55. The number of benzene rings is 1. The van der Waals surface area contributed by atoms with Crippen LogP contribution in [0, 0.1) is 0 Å². The van der Waals surface area contributed by atoms with Crippen molar-refractivity contribution < 1.29 is 19.5 Å². The van der Waals surface area contributed by atoms with Gasteiger partial charge in [0.25, 0.3) is 5.56 Å². The zero-order valence-electron chi connectivity index (χ0n) is 16.9. The van der Waals surface area contributed by atoms with Gasteiger partial charge in [-0.05, 0) is 43.2 Å². The van der Waals surface area contributed by atoms with E-state index in [1.807, 2.05) is 24.3 Å². The Morgan fingerprint density at radius 3 is 2.72 bits per heavy atom. The number of para-hydroxylation sites is 2. The van der Waals surface area contributed by atoms with E-state index in [2.05, 4.69) is 20.6 Å². The fourth-order valence-corrected chi connectivity index (χ4v) is 3.10. The van der Waals surface area contributed by atoms with Gasteiger partial charge >= 0.3 is 6.09 Å². The second kappa shape index (κ2) is 10.1. The molecular weight excluding hydrogens is 416 g/mol. The Morgan fingerprint density at radius 2 is 2.00 bits per heavy atom. The molecule has 0 radical (unpaired) electrons. The molecule has 0 saturated carbocycles. The summed E-state index contributed by atoms with van der Waals surface area (Å²) in [5.41, 5.74) is 6.14. The summed E-state index contributed by atoms with van der Waals surface area (Å²) in [4.78, 5) is 54.8. The summed E-state index contributed by atoms with van der Waals surface area (Å²) in [5.74, 6) is -0.770. The highest BCUT2D eigenvalue weighted by Crippen LogP contribution is 2.11. The SMILES string of the molecule is NC(=O)C=CCCC(NC(=O)O)C(=O)Nc1cccn(Cc2nc3ccccc3[nH]2)c1=O. The number of nitrogens with two attached hydrogens (primary N) is 1. The minimum atomic E-state index is -1.39. The lowest BCUT2D eigenvalue weighted by atomic mass is 10.1. The lowest BCUT2D eigenvalue weighted by molar-refractivity contribution is -0.118. The fraction of sp³-hybridized carbons (Fsp3) is 0.190. The van der Waals surface area contributed by atoms with Gasteiger partial charge < -0.3 is 31.0 Å². The number of aromatic nitrogens is 3. The Kier molecular flexibility index (Phi) is 7.01. The summed E-state index contributed by atoms with van der Waals surface area (Å²) in [6.07, 6.45) is 3.04. The van der Waals surface area contributed by atoms with Crippen LogP contribution >= 0.6 is 0 Å². The summed E-state index contributed by atoms with van der Waals surface area (Å²) >= 11 is 0. The van der Waals surface area contributed by atoms with Crippen molar-refractivity contribution in [3.05, 3.63) is 70.9 Å². The summed E-state index contributed by atoms with van der Waals surface area (Å²) < 4.78 is 1.38. The van der Waals surface area contributed by atoms with Crippen molar-refractivity contribution in [2.24, 2.45) is 5.73 Å². The Hall–Kier alpha value is -4.41. The molecule has 11 nitrogen and oxygen atoms in total. The highest BCUT2D eigenvalue weighted by atomic mass is 16.4. The first-order chi connectivity index (χ1) is 15.3. The number of carbonyl (C=O) groups is 3. The lowest BCUT2D eigenvalue weighted by Crippen LogP contribution is -2.44. The van der Waals surface area contributed by atoms with Crippen LogP contribution in [0.2, 0.25) is 0 Å². The number of aromatic amines is 1. The predicted molar refractivity (Wildman–Crippen MR) is 117 cm³/mol. The number of amides is 3. The maximum atomic E-state index is 12.8. The quantitative estimate of drug-likeness (QED) is 0.314. The molecule has 0 spiro atoms. The number of primary amides is 1. The summed E-state index contributed by atoms with van der Waals surface area (Å²) in [7, 11) is 0. The van der Waals surface area contributed by atoms with Crippen LogP contribution in [0.4, 0.5) is 10.5 Å². The molecule has 11 heteroatoms. The van der Waals surface area contributed by atoms with Crippen molar-refractivity contribution >= 4 is 34.6 Å². The van der Waals surface area contributed by atoms with Crippen LogP contribution in [-0.2, 0) is 16.1 Å². The second-order valence-corrected chi connectivity index (χ2v) is 6.93. The number of anilines is 1. The number of nitrogens with zero attached hydrogens (tertiary/aromatic N) is 2. The smallest absolute Gasteiger partial charge is 0.405 e. The number of hydrogen-bond donors (Lipinski definition) is 5. The van der Waals surface area contributed by atoms with Crippen molar-refractivity contribution in [3.8, 4) is 0 Å². The molecule has 1 aromatic carbocycles. The van der Waals surface area contributed by atoms with Gasteiger partial charge in [0.15, 0.2) is 0 Å². The molecule has 2 aromatic heterocycles. The monoisotopic (exact) mass is 438 g/mol. The van der Waals surface area contributed by atoms with Crippen molar-refractivity contribution in [1.29, 1.82) is 0 Å². The van der Waals surface area contributed by atoms with Crippen molar-refractivity contribution in [2.75, 3.05) is 5.32 Å². The van der Waals surface area contributed by atoms with Crippen molar-refractivity contribution in [1.82, 2.24) is 19.9 Å². The van der Waals surface area contributed by atoms with Gasteiger partial charge in [0.2, 0.25) is 11.8 Å². The highest BCUT2D eigenvalue weighted by Gasteiger charge is 2.21. The van der Waals surface area contributed by atoms with Gasteiger partial charge in [0.1, 0.15) is 17.6 Å². The van der Waals surface area contributed by atoms with Crippen LogP contribution in [0.5, 0.6) is 0 Å². The number of rotatable bonds is 9. The standard InChI is InChI=1S/C21H22N6O5/c22-17(28)10-4-3-8-15(26-21(31)32)19(29)25-16-9-5-11-27(20(16)30)12-18-23-13-6-1-2-7-14(13)24-18/h1-2,4-7,9-11,15,26H,3,8,12H2,(H2,22,28)(H,23,24)(H,25,29)(H,31,32). The average molecular weight is 438 g/mol. The van der Waals surface area contributed by atoms with E-state index in [1.54, 1.807) is 12.3 Å². The molecule has 0 aliphatic heterocycles. The maximum absolute atomic E-state index is 12.8. The van der Waals surface area contributed by atoms with Crippen LogP contribution in [0.15, 0.2) is 59.5 Å². The summed E-state index contributed by atoms with van der Waals surface area (Å²) in [6.45, 7) is 0.159. The number of pyridine rings is 1. The number of imidazole rings is 1. The van der Waals surface area contributed by atoms with Gasteiger partial charge in [-0.25, -0.2) is 9.78 Å². The van der Waals surface area contributed by atoms with E-state index in [1.165, 1.54) is 16.7 Å². The maximum Gasteiger partial charge on any atom is 0.405 e. The Labute approximate surface area is 182 Å². The molecule has 166 valence electrons. The Morgan fingerprint density at radius 1 is 1.22 bits per heavy atom. The van der Waals surface area contributed by atoms with E-state index in [4.69, 9.17) is 10.8 Å². The van der Waals surface area contributed by atoms with Gasteiger partial charge in [-0.3, -0.25) is 14.4 Å². The van der Waals surface area contributed by atoms with E-state index in [-0.39, 0.29) is 25.1 Å². The second-order valence-electron chi connectivity index (χ2n) is 6.93. The van der Waals surface area contributed by atoms with E-state index < -0.39 is 29.5 Å². The molecule has 3 aromatic rings. The molecular formula is C21H22N6O5. The number of carbonyl (C=O) groups excluding carboxylic acids is 2. The van der Waals surface area contributed by atoms with E-state index >= 15 is 0 Å². The normalized spacial score (nSPS) is 12.0. The van der Waals surface area contributed by atoms with Crippen LogP contribution in [0.25, 0.3) is 11.0 Å². The first-order valence-corrected chi connectivity index (χ1v) is 9.73. The molecule has 0 aliphatic carbocycles. The Bertz CT molecular complexity index is 1200. The minimum absolute atomic E-state index is 0.00141. The van der Waals surface area contributed by atoms with Crippen LogP contribution in [-0.4, -0.2) is 43.6 Å². The molecule has 1 unspecified atom stereocenters. The van der Waals surface area contributed by atoms with Crippen LogP contribution in [0.3, 0.4) is 0 Å². The minimum Gasteiger partial charge on any atom is -0.465 e. The largest absolute Gasteiger partial charge is 0.465 e. The molecule has 32 heavy (non-hydrogen) atoms. The zero-order valence-corrected chi connectivity index (χ0v) is 16.9. The number of nitrogens with one attached hydrogen (secondary N) is 3. The van der Waals surface area contributed by atoms with Gasteiger partial charge in [0.05, 0.1) is 17.6 Å². The third-order valence-electron chi connectivity index (χ3n) is 4.55. The van der Waals surface area contributed by atoms with Crippen LogP contribution in [0.1, 0.15) is 18.7 Å². The Balaban J connectivity index is 1.73. The molecule has 0 saturated heterocycles. The van der Waals surface area contributed by atoms with Crippen molar-refractivity contribution in [2.45, 2.75) is 25.4 Å². The number of H-pyrrole nitrogens is 1. The molecule has 3 amide bonds. The third kappa shape index (κ3) is 5.81. The van der Waals surface area contributed by atoms with E-state index in [0.717, 1.165) is 17.1 Å². The molecule has 0 aliphatic rings. The number of hydrogen-bond acceptors (Lipinski definition) is 5. The first kappa shape index (κ1) is 22.3. The number of carboxylic acid groups (broad SMARTS) is 1. The summed E-state index contributed by atoms with van der Waals surface area (Å²) in [6, 6.07) is 9.35. The number of allylic oxidation sites excluding steroid dienone is 1. The van der Waals surface area contributed by atoms with E-state index in [0.29, 0.717) is 5.82 Å². The molecule has 3 rings (SSSR count). The molecule has 1 atom stereocenters. The molecule has 0 fully saturated rings. The molecule has 2 heterocycles. The van der Waals surface area contributed by atoms with E-state index in [9.17, 15) is 19.2 Å². The molecule has 6 N–H and O–H groups in total. The average Bonchev–Trinajstić information content (AvgIpc) is 3.15. The topological polar surface area (TPSA) is 172 Å².